The number of carbonyl (C=O) groups excluding carboxylic acids is 1. The highest BCUT2D eigenvalue weighted by Gasteiger charge is 2.26. The lowest BCUT2D eigenvalue weighted by atomic mass is 10.0. The number of anilines is 1. The molecule has 0 radical (unpaired) electrons. The normalized spacial score (nSPS) is 13.9. The predicted octanol–water partition coefficient (Wildman–Crippen LogP) is 5.06. The maximum atomic E-state index is 12.7. The summed E-state index contributed by atoms with van der Waals surface area (Å²) in [5.41, 5.74) is 2.34. The quantitative estimate of drug-likeness (QED) is 0.354. The zero-order chi connectivity index (χ0) is 24.9. The third kappa shape index (κ3) is 5.83. The number of halogens is 1. The number of nitrogens with zero attached hydrogens (tertiary/aromatic N) is 1. The first-order valence-corrected chi connectivity index (χ1v) is 12.6. The van der Waals surface area contributed by atoms with Gasteiger partial charge >= 0.3 is 11.9 Å². The molecule has 4 rings (SSSR count). The van der Waals surface area contributed by atoms with Crippen molar-refractivity contribution in [3.63, 3.8) is 0 Å². The molecule has 0 atom stereocenters. The molecule has 1 saturated heterocycles. The smallest absolute Gasteiger partial charge is 0.349 e. The number of likely N-dealkylation sites (tertiary alicyclic amines) is 1. The number of hydrogen-bond donors (Lipinski definition) is 3. The van der Waals surface area contributed by atoms with Gasteiger partial charge in [-0.05, 0) is 58.6 Å². The molecule has 0 aliphatic carbocycles. The summed E-state index contributed by atoms with van der Waals surface area (Å²) in [6, 6.07) is 17.1. The Bertz CT molecular complexity index is 1240. The number of ether oxygens (including phenoxy) is 1. The zero-order valence-corrected chi connectivity index (χ0v) is 21.0. The summed E-state index contributed by atoms with van der Waals surface area (Å²) in [5, 5.41) is 22.0. The average Bonchev–Trinajstić information content (AvgIpc) is 3.20. The predicted molar refractivity (Wildman–Crippen MR) is 137 cm³/mol. The molecule has 10 heteroatoms. The molecular weight excluding hydrogens is 536 g/mol. The summed E-state index contributed by atoms with van der Waals surface area (Å²) in [5.74, 6) is -2.32. The molecule has 0 saturated carbocycles. The second-order valence-corrected chi connectivity index (χ2v) is 9.86. The van der Waals surface area contributed by atoms with Gasteiger partial charge in [-0.3, -0.25) is 4.79 Å². The van der Waals surface area contributed by atoms with Crippen molar-refractivity contribution >= 4 is 50.8 Å². The van der Waals surface area contributed by atoms with E-state index >= 15 is 0 Å². The zero-order valence-electron chi connectivity index (χ0n) is 18.6. The summed E-state index contributed by atoms with van der Waals surface area (Å²) in [4.78, 5) is 37.7. The Labute approximate surface area is 214 Å². The molecule has 2 aromatic carbocycles. The molecule has 1 aliphatic rings. The number of carboxylic acid groups (broad SMARTS) is 2. The highest BCUT2D eigenvalue weighted by atomic mass is 79.9. The average molecular weight is 559 g/mol. The Morgan fingerprint density at radius 1 is 1.06 bits per heavy atom. The first-order valence-electron chi connectivity index (χ1n) is 10.9. The summed E-state index contributed by atoms with van der Waals surface area (Å²) in [6.07, 6.45) is 1.61. The van der Waals surface area contributed by atoms with Crippen molar-refractivity contribution in [1.29, 1.82) is 0 Å². The minimum Gasteiger partial charge on any atom is -0.479 e. The number of piperidine rings is 1. The van der Waals surface area contributed by atoms with Crippen molar-refractivity contribution in [2.45, 2.75) is 18.9 Å². The number of hydrogen-bond acceptors (Lipinski definition) is 6. The highest BCUT2D eigenvalue weighted by Crippen LogP contribution is 2.46. The molecule has 2 heterocycles. The van der Waals surface area contributed by atoms with Gasteiger partial charge in [-0.25, -0.2) is 9.59 Å². The second-order valence-electron chi connectivity index (χ2n) is 8.05. The number of aliphatic carboxylic acids is 1. The number of aromatic carboxylic acids is 1. The maximum Gasteiger partial charge on any atom is 0.349 e. The molecule has 1 aromatic heterocycles. The monoisotopic (exact) mass is 558 g/mol. The van der Waals surface area contributed by atoms with Crippen LogP contribution in [0.5, 0.6) is 5.75 Å². The van der Waals surface area contributed by atoms with Crippen molar-refractivity contribution in [1.82, 2.24) is 4.90 Å². The second kappa shape index (κ2) is 10.9. The molecule has 0 spiro atoms. The van der Waals surface area contributed by atoms with E-state index in [1.807, 2.05) is 59.5 Å². The highest BCUT2D eigenvalue weighted by molar-refractivity contribution is 9.10. The van der Waals surface area contributed by atoms with Crippen LogP contribution in [0.15, 0.2) is 59.1 Å². The minimum absolute atomic E-state index is 0.00807. The number of rotatable bonds is 8. The van der Waals surface area contributed by atoms with Gasteiger partial charge in [0.2, 0.25) is 0 Å². The van der Waals surface area contributed by atoms with Crippen molar-refractivity contribution in [3.05, 3.63) is 69.5 Å². The lowest BCUT2D eigenvalue weighted by molar-refractivity contribution is -0.139. The van der Waals surface area contributed by atoms with Crippen LogP contribution in [-0.2, 0) is 4.79 Å². The van der Waals surface area contributed by atoms with Gasteiger partial charge in [-0.1, -0.05) is 30.3 Å². The molecule has 1 fully saturated rings. The van der Waals surface area contributed by atoms with Crippen LogP contribution in [0.1, 0.15) is 32.9 Å². The van der Waals surface area contributed by atoms with Crippen LogP contribution in [0.4, 0.5) is 5.69 Å². The molecular formula is C25H23BrN2O6S. The molecule has 35 heavy (non-hydrogen) atoms. The molecule has 3 N–H and O–H groups in total. The lowest BCUT2D eigenvalue weighted by Gasteiger charge is -2.33. The van der Waals surface area contributed by atoms with E-state index in [1.54, 1.807) is 0 Å². The molecule has 3 aromatic rings. The lowest BCUT2D eigenvalue weighted by Crippen LogP contribution is -2.42. The Hall–Kier alpha value is -3.37. The maximum absolute atomic E-state index is 12.7. The fourth-order valence-electron chi connectivity index (χ4n) is 3.96. The van der Waals surface area contributed by atoms with E-state index in [-0.39, 0.29) is 22.6 Å². The Morgan fingerprint density at radius 3 is 2.43 bits per heavy atom. The van der Waals surface area contributed by atoms with Gasteiger partial charge in [-0.15, -0.1) is 11.3 Å². The number of thiophene rings is 1. The van der Waals surface area contributed by atoms with Crippen LogP contribution in [-0.4, -0.2) is 58.7 Å². The van der Waals surface area contributed by atoms with Gasteiger partial charge in [0.15, 0.2) is 17.2 Å². The molecule has 0 bridgehead atoms. The fraction of sp³-hybridized carbons (Fsp3) is 0.240. The number of nitrogens with one attached hydrogen (secondary N) is 1. The van der Waals surface area contributed by atoms with Gasteiger partial charge < -0.3 is 25.2 Å². The van der Waals surface area contributed by atoms with Crippen LogP contribution in [0, 0.1) is 0 Å². The number of carboxylic acids is 2. The van der Waals surface area contributed by atoms with Gasteiger partial charge in [-0.2, -0.15) is 0 Å². The molecule has 0 unspecified atom stereocenters. The molecule has 8 nitrogen and oxygen atoms in total. The molecule has 1 amide bonds. The van der Waals surface area contributed by atoms with E-state index in [2.05, 4.69) is 21.2 Å². The van der Waals surface area contributed by atoms with E-state index in [1.165, 1.54) is 0 Å². The van der Waals surface area contributed by atoms with Crippen molar-refractivity contribution in [3.8, 4) is 16.2 Å². The van der Waals surface area contributed by atoms with Crippen molar-refractivity contribution < 1.29 is 29.3 Å². The number of carbonyl (C=O) groups is 3. The van der Waals surface area contributed by atoms with Crippen LogP contribution in [0.3, 0.4) is 0 Å². The van der Waals surface area contributed by atoms with E-state index < -0.39 is 18.5 Å². The Morgan fingerprint density at radius 2 is 1.77 bits per heavy atom. The Kier molecular flexibility index (Phi) is 7.72. The summed E-state index contributed by atoms with van der Waals surface area (Å²) in [6.45, 7) is 0.684. The molecule has 182 valence electrons. The van der Waals surface area contributed by atoms with Gasteiger partial charge in [0.1, 0.15) is 0 Å². The van der Waals surface area contributed by atoms with E-state index in [0.29, 0.717) is 28.0 Å². The van der Waals surface area contributed by atoms with Crippen LogP contribution < -0.4 is 10.1 Å². The fourth-order valence-corrected chi connectivity index (χ4v) is 5.85. The van der Waals surface area contributed by atoms with E-state index in [9.17, 15) is 19.5 Å². The summed E-state index contributed by atoms with van der Waals surface area (Å²) in [7, 11) is 0. The third-order valence-corrected chi connectivity index (χ3v) is 7.87. The van der Waals surface area contributed by atoms with Crippen LogP contribution >= 0.6 is 27.3 Å². The van der Waals surface area contributed by atoms with E-state index in [0.717, 1.165) is 35.4 Å². The first kappa shape index (κ1) is 24.7. The minimum atomic E-state index is -1.19. The summed E-state index contributed by atoms with van der Waals surface area (Å²) >= 11 is 4.41. The van der Waals surface area contributed by atoms with Crippen molar-refractivity contribution in [2.24, 2.45) is 0 Å². The van der Waals surface area contributed by atoms with Gasteiger partial charge in [0.25, 0.3) is 5.91 Å². The number of amides is 1. The first-order chi connectivity index (χ1) is 16.8. The third-order valence-electron chi connectivity index (χ3n) is 5.64. The number of benzene rings is 2. The topological polar surface area (TPSA) is 116 Å². The largest absolute Gasteiger partial charge is 0.479 e. The van der Waals surface area contributed by atoms with E-state index in [4.69, 9.17) is 9.84 Å². The van der Waals surface area contributed by atoms with Gasteiger partial charge in [0, 0.05) is 30.4 Å². The van der Waals surface area contributed by atoms with Crippen molar-refractivity contribution in [2.75, 3.05) is 25.0 Å². The van der Waals surface area contributed by atoms with Gasteiger partial charge in [0.05, 0.1) is 9.35 Å². The van der Waals surface area contributed by atoms with Crippen LogP contribution in [0.25, 0.3) is 10.4 Å². The molecule has 1 aliphatic heterocycles. The van der Waals surface area contributed by atoms with Crippen LogP contribution in [0.2, 0.25) is 0 Å². The standard InChI is InChI=1S/C25H23BrN2O6S/c26-20-21(34-14-19(29)30)23(25(32)33)35-22(20)16-7-4-8-18(13-16)27-17-9-11-28(12-10-17)24(31)15-5-2-1-3-6-15/h1-8,13,17,27H,9-12,14H2,(H,29,30)(H,32,33). The SMILES string of the molecule is O=C(O)COc1c(C(=O)O)sc(-c2cccc(NC3CCN(C(=O)c4ccccc4)CC3)c2)c1Br. The summed E-state index contributed by atoms with van der Waals surface area (Å²) < 4.78 is 5.65. The Balaban J connectivity index is 1.45.